The summed E-state index contributed by atoms with van der Waals surface area (Å²) in [6.07, 6.45) is 5.95. The van der Waals surface area contributed by atoms with Gasteiger partial charge in [-0.05, 0) is 41.4 Å². The second-order valence-electron chi connectivity index (χ2n) is 3.67. The number of hydrogen-bond acceptors (Lipinski definition) is 4. The SMILES string of the molecule is Ic1cnc(NCCC2CCOC2)nc1. The van der Waals surface area contributed by atoms with E-state index in [0.29, 0.717) is 11.9 Å². The van der Waals surface area contributed by atoms with Gasteiger partial charge in [0.05, 0.1) is 0 Å². The van der Waals surface area contributed by atoms with Crippen molar-refractivity contribution in [2.45, 2.75) is 12.8 Å². The smallest absolute Gasteiger partial charge is 0.222 e. The van der Waals surface area contributed by atoms with Gasteiger partial charge in [-0.2, -0.15) is 0 Å². The fraction of sp³-hybridized carbons (Fsp3) is 0.600. The lowest BCUT2D eigenvalue weighted by molar-refractivity contribution is 0.185. The third kappa shape index (κ3) is 3.57. The van der Waals surface area contributed by atoms with Crippen molar-refractivity contribution in [3.05, 3.63) is 16.0 Å². The van der Waals surface area contributed by atoms with Gasteiger partial charge in [-0.15, -0.1) is 0 Å². The molecule has 1 saturated heterocycles. The Morgan fingerprint density at radius 1 is 1.47 bits per heavy atom. The van der Waals surface area contributed by atoms with Crippen LogP contribution in [0.4, 0.5) is 5.95 Å². The van der Waals surface area contributed by atoms with Crippen LogP contribution in [0.3, 0.4) is 0 Å². The molecule has 1 atom stereocenters. The fourth-order valence-electron chi connectivity index (χ4n) is 1.60. The first-order chi connectivity index (χ1) is 7.34. The van der Waals surface area contributed by atoms with Crippen molar-refractivity contribution >= 4 is 28.5 Å². The zero-order chi connectivity index (χ0) is 10.5. The fourth-order valence-corrected chi connectivity index (χ4v) is 1.88. The minimum atomic E-state index is 0.710. The van der Waals surface area contributed by atoms with Crippen LogP contribution < -0.4 is 5.32 Å². The quantitative estimate of drug-likeness (QED) is 0.862. The molecule has 1 aromatic rings. The zero-order valence-corrected chi connectivity index (χ0v) is 10.6. The van der Waals surface area contributed by atoms with E-state index in [9.17, 15) is 0 Å². The predicted octanol–water partition coefficient (Wildman–Crippen LogP) is 1.92. The van der Waals surface area contributed by atoms with Crippen LogP contribution in [0.1, 0.15) is 12.8 Å². The molecule has 2 heterocycles. The molecule has 15 heavy (non-hydrogen) atoms. The van der Waals surface area contributed by atoms with Crippen LogP contribution in [0.25, 0.3) is 0 Å². The van der Waals surface area contributed by atoms with E-state index in [0.717, 1.165) is 29.7 Å². The third-order valence-corrected chi connectivity index (χ3v) is 3.04. The molecular formula is C10H14IN3O. The first-order valence-corrected chi connectivity index (χ1v) is 6.21. The van der Waals surface area contributed by atoms with E-state index < -0.39 is 0 Å². The number of hydrogen-bond donors (Lipinski definition) is 1. The summed E-state index contributed by atoms with van der Waals surface area (Å²) in [4.78, 5) is 8.36. The summed E-state index contributed by atoms with van der Waals surface area (Å²) < 4.78 is 6.37. The highest BCUT2D eigenvalue weighted by atomic mass is 127. The van der Waals surface area contributed by atoms with Crippen molar-refractivity contribution in [3.8, 4) is 0 Å². The number of aromatic nitrogens is 2. The Balaban J connectivity index is 1.71. The largest absolute Gasteiger partial charge is 0.381 e. The number of rotatable bonds is 4. The summed E-state index contributed by atoms with van der Waals surface area (Å²) in [6.45, 7) is 2.76. The Bertz CT molecular complexity index is 298. The van der Waals surface area contributed by atoms with Crippen LogP contribution in [-0.4, -0.2) is 29.7 Å². The maximum absolute atomic E-state index is 5.32. The van der Waals surface area contributed by atoms with E-state index in [-0.39, 0.29) is 0 Å². The van der Waals surface area contributed by atoms with Gasteiger partial charge < -0.3 is 10.1 Å². The number of ether oxygens (including phenoxy) is 1. The van der Waals surface area contributed by atoms with Gasteiger partial charge in [0.15, 0.2) is 0 Å². The molecule has 1 aliphatic heterocycles. The molecule has 0 bridgehead atoms. The maximum atomic E-state index is 5.32. The standard InChI is InChI=1S/C10H14IN3O/c11-9-5-13-10(14-6-9)12-3-1-8-2-4-15-7-8/h5-6,8H,1-4,7H2,(H,12,13,14). The van der Waals surface area contributed by atoms with Gasteiger partial charge in [0.2, 0.25) is 5.95 Å². The van der Waals surface area contributed by atoms with Crippen LogP contribution >= 0.6 is 22.6 Å². The van der Waals surface area contributed by atoms with Gasteiger partial charge in [0.1, 0.15) is 0 Å². The van der Waals surface area contributed by atoms with Crippen molar-refractivity contribution in [3.63, 3.8) is 0 Å². The minimum Gasteiger partial charge on any atom is -0.381 e. The van der Waals surface area contributed by atoms with Crippen molar-refractivity contribution in [1.29, 1.82) is 0 Å². The lowest BCUT2D eigenvalue weighted by Gasteiger charge is -2.08. The van der Waals surface area contributed by atoms with E-state index in [1.807, 2.05) is 12.4 Å². The highest BCUT2D eigenvalue weighted by Crippen LogP contribution is 2.15. The van der Waals surface area contributed by atoms with Crippen LogP contribution in [0.2, 0.25) is 0 Å². The first kappa shape index (κ1) is 11.1. The molecule has 4 nitrogen and oxygen atoms in total. The summed E-state index contributed by atoms with van der Waals surface area (Å²) in [6, 6.07) is 0. The Kier molecular flexibility index (Phi) is 4.13. The summed E-state index contributed by atoms with van der Waals surface area (Å²) >= 11 is 2.20. The second-order valence-corrected chi connectivity index (χ2v) is 4.92. The molecule has 0 aromatic carbocycles. The Hall–Kier alpha value is -0.430. The molecule has 0 amide bonds. The van der Waals surface area contributed by atoms with Crippen LogP contribution in [-0.2, 0) is 4.74 Å². The van der Waals surface area contributed by atoms with E-state index in [2.05, 4.69) is 37.9 Å². The topological polar surface area (TPSA) is 47.0 Å². The van der Waals surface area contributed by atoms with Crippen LogP contribution in [0.15, 0.2) is 12.4 Å². The monoisotopic (exact) mass is 319 g/mol. The van der Waals surface area contributed by atoms with Crippen molar-refractivity contribution in [1.82, 2.24) is 9.97 Å². The van der Waals surface area contributed by atoms with E-state index in [1.165, 1.54) is 6.42 Å². The molecule has 1 N–H and O–H groups in total. The third-order valence-electron chi connectivity index (χ3n) is 2.48. The molecule has 1 unspecified atom stereocenters. The number of nitrogens with zero attached hydrogens (tertiary/aromatic N) is 2. The highest BCUT2D eigenvalue weighted by molar-refractivity contribution is 14.1. The number of halogens is 1. The summed E-state index contributed by atoms with van der Waals surface area (Å²) in [5.41, 5.74) is 0. The maximum Gasteiger partial charge on any atom is 0.222 e. The number of anilines is 1. The highest BCUT2D eigenvalue weighted by Gasteiger charge is 2.14. The molecule has 0 saturated carbocycles. The molecular weight excluding hydrogens is 305 g/mol. The van der Waals surface area contributed by atoms with E-state index in [1.54, 1.807) is 0 Å². The molecule has 1 aliphatic rings. The Labute approximate surface area is 103 Å². The predicted molar refractivity (Wildman–Crippen MR) is 66.8 cm³/mol. The van der Waals surface area contributed by atoms with E-state index in [4.69, 9.17) is 4.74 Å². The molecule has 0 spiro atoms. The van der Waals surface area contributed by atoms with Crippen LogP contribution in [0, 0.1) is 9.49 Å². The molecule has 82 valence electrons. The number of nitrogens with one attached hydrogen (secondary N) is 1. The average Bonchev–Trinajstić information content (AvgIpc) is 2.74. The normalized spacial score (nSPS) is 20.5. The van der Waals surface area contributed by atoms with Crippen LogP contribution in [0.5, 0.6) is 0 Å². The first-order valence-electron chi connectivity index (χ1n) is 5.14. The molecule has 0 aliphatic carbocycles. The van der Waals surface area contributed by atoms with Gasteiger partial charge >= 0.3 is 0 Å². The Morgan fingerprint density at radius 2 is 2.27 bits per heavy atom. The zero-order valence-electron chi connectivity index (χ0n) is 8.45. The van der Waals surface area contributed by atoms with Gasteiger partial charge in [0, 0.05) is 35.7 Å². The average molecular weight is 319 g/mol. The molecule has 5 heteroatoms. The van der Waals surface area contributed by atoms with E-state index >= 15 is 0 Å². The summed E-state index contributed by atoms with van der Waals surface area (Å²) in [5, 5.41) is 3.22. The summed E-state index contributed by atoms with van der Waals surface area (Å²) in [7, 11) is 0. The molecule has 1 aromatic heterocycles. The summed E-state index contributed by atoms with van der Waals surface area (Å²) in [5.74, 6) is 1.43. The van der Waals surface area contributed by atoms with Gasteiger partial charge in [0.25, 0.3) is 0 Å². The minimum absolute atomic E-state index is 0.710. The van der Waals surface area contributed by atoms with Gasteiger partial charge in [-0.25, -0.2) is 9.97 Å². The molecule has 1 fully saturated rings. The van der Waals surface area contributed by atoms with Crippen molar-refractivity contribution in [2.75, 3.05) is 25.1 Å². The van der Waals surface area contributed by atoms with Gasteiger partial charge in [-0.1, -0.05) is 0 Å². The lowest BCUT2D eigenvalue weighted by atomic mass is 10.1. The van der Waals surface area contributed by atoms with Crippen molar-refractivity contribution in [2.24, 2.45) is 5.92 Å². The van der Waals surface area contributed by atoms with Crippen molar-refractivity contribution < 1.29 is 4.74 Å². The molecule has 2 rings (SSSR count). The molecule has 0 radical (unpaired) electrons. The second kappa shape index (κ2) is 5.60. The lowest BCUT2D eigenvalue weighted by Crippen LogP contribution is -2.10. The van der Waals surface area contributed by atoms with Gasteiger partial charge in [-0.3, -0.25) is 0 Å². The Morgan fingerprint density at radius 3 is 2.93 bits per heavy atom.